The van der Waals surface area contributed by atoms with Gasteiger partial charge in [0, 0.05) is 4.47 Å². The maximum Gasteiger partial charge on any atom is 0.139 e. The molecule has 0 unspecified atom stereocenters. The van der Waals surface area contributed by atoms with E-state index in [1.807, 2.05) is 25.2 Å². The van der Waals surface area contributed by atoms with E-state index in [1.165, 1.54) is 6.42 Å². The van der Waals surface area contributed by atoms with Crippen molar-refractivity contribution in [2.24, 2.45) is 0 Å². The Morgan fingerprint density at radius 3 is 2.82 bits per heavy atom. The van der Waals surface area contributed by atoms with Gasteiger partial charge in [-0.15, -0.1) is 0 Å². The Hall–Kier alpha value is -0.250. The summed E-state index contributed by atoms with van der Waals surface area (Å²) >= 11 is 9.60. The van der Waals surface area contributed by atoms with Gasteiger partial charge in [-0.05, 0) is 57.5 Å². The van der Waals surface area contributed by atoms with Crippen LogP contribution in [0.2, 0.25) is 5.02 Å². The van der Waals surface area contributed by atoms with Crippen LogP contribution in [0.1, 0.15) is 25.7 Å². The van der Waals surface area contributed by atoms with Crippen LogP contribution >= 0.6 is 27.5 Å². The van der Waals surface area contributed by atoms with Crippen molar-refractivity contribution in [3.63, 3.8) is 0 Å². The normalized spacial score (nSPS) is 17.6. The first-order valence-electron chi connectivity index (χ1n) is 5.94. The van der Waals surface area contributed by atoms with Gasteiger partial charge in [-0.25, -0.2) is 0 Å². The summed E-state index contributed by atoms with van der Waals surface area (Å²) in [6.07, 6.45) is 4.52. The molecule has 1 aliphatic rings. The summed E-state index contributed by atoms with van der Waals surface area (Å²) in [6, 6.07) is 5.74. The molecule has 0 radical (unpaired) electrons. The number of hydrogen-bond donors (Lipinski definition) is 1. The second kappa shape index (κ2) is 5.59. The predicted molar refractivity (Wildman–Crippen MR) is 74.9 cm³/mol. The summed E-state index contributed by atoms with van der Waals surface area (Å²) in [5.41, 5.74) is -0.00650. The van der Waals surface area contributed by atoms with E-state index >= 15 is 0 Å². The molecular weight excluding hydrogens is 302 g/mol. The molecule has 0 atom stereocenters. The third kappa shape index (κ3) is 3.15. The van der Waals surface area contributed by atoms with E-state index in [0.717, 1.165) is 36.0 Å². The van der Waals surface area contributed by atoms with Gasteiger partial charge in [-0.3, -0.25) is 0 Å². The second-order valence-corrected chi connectivity index (χ2v) is 5.89. The maximum atomic E-state index is 6.16. The number of benzene rings is 1. The first-order chi connectivity index (χ1) is 8.15. The lowest BCUT2D eigenvalue weighted by atomic mass is 9.77. The van der Waals surface area contributed by atoms with E-state index in [0.29, 0.717) is 5.02 Å². The number of nitrogens with one attached hydrogen (secondary N) is 1. The van der Waals surface area contributed by atoms with E-state index < -0.39 is 0 Å². The van der Waals surface area contributed by atoms with E-state index in [-0.39, 0.29) is 5.60 Å². The number of rotatable bonds is 5. The zero-order chi connectivity index (χ0) is 12.3. The predicted octanol–water partition coefficient (Wildman–Crippen LogP) is 4.01. The number of ether oxygens (including phenoxy) is 1. The van der Waals surface area contributed by atoms with Crippen molar-refractivity contribution >= 4 is 27.5 Å². The molecule has 1 aromatic rings. The first-order valence-corrected chi connectivity index (χ1v) is 7.11. The Bertz CT molecular complexity index is 393. The Kier molecular flexibility index (Phi) is 4.34. The van der Waals surface area contributed by atoms with E-state index in [4.69, 9.17) is 16.3 Å². The summed E-state index contributed by atoms with van der Waals surface area (Å²) in [4.78, 5) is 0. The summed E-state index contributed by atoms with van der Waals surface area (Å²) in [6.45, 7) is 0.978. The molecule has 1 aromatic carbocycles. The van der Waals surface area contributed by atoms with Gasteiger partial charge in [0.2, 0.25) is 0 Å². The SMILES string of the molecule is CNCCC1(Oc2cc(Br)ccc2Cl)CCC1. The molecule has 1 aliphatic carbocycles. The van der Waals surface area contributed by atoms with Gasteiger partial charge in [0.1, 0.15) is 11.4 Å². The van der Waals surface area contributed by atoms with Gasteiger partial charge in [0.25, 0.3) is 0 Å². The van der Waals surface area contributed by atoms with Crippen LogP contribution < -0.4 is 10.1 Å². The lowest BCUT2D eigenvalue weighted by Crippen LogP contribution is -2.45. The van der Waals surface area contributed by atoms with Crippen LogP contribution in [0.15, 0.2) is 22.7 Å². The lowest BCUT2D eigenvalue weighted by molar-refractivity contribution is -0.0138. The molecule has 1 fully saturated rings. The topological polar surface area (TPSA) is 21.3 Å². The quantitative estimate of drug-likeness (QED) is 0.885. The molecule has 0 aliphatic heterocycles. The highest BCUT2D eigenvalue weighted by Crippen LogP contribution is 2.41. The third-order valence-corrected chi connectivity index (χ3v) is 4.12. The molecule has 0 saturated heterocycles. The second-order valence-electron chi connectivity index (χ2n) is 4.57. The average molecular weight is 319 g/mol. The van der Waals surface area contributed by atoms with E-state index in [9.17, 15) is 0 Å². The van der Waals surface area contributed by atoms with Crippen molar-refractivity contribution in [1.29, 1.82) is 0 Å². The van der Waals surface area contributed by atoms with Crippen molar-refractivity contribution in [1.82, 2.24) is 5.32 Å². The van der Waals surface area contributed by atoms with E-state index in [2.05, 4.69) is 21.2 Å². The molecule has 0 spiro atoms. The lowest BCUT2D eigenvalue weighted by Gasteiger charge is -2.42. The molecule has 1 saturated carbocycles. The van der Waals surface area contributed by atoms with Crippen LogP contribution in [0.5, 0.6) is 5.75 Å². The molecular formula is C13H17BrClNO. The van der Waals surface area contributed by atoms with Gasteiger partial charge in [0.05, 0.1) is 5.02 Å². The van der Waals surface area contributed by atoms with Crippen LogP contribution in [0.4, 0.5) is 0 Å². The van der Waals surface area contributed by atoms with Crippen LogP contribution in [0, 0.1) is 0 Å². The number of halogens is 2. The van der Waals surface area contributed by atoms with E-state index in [1.54, 1.807) is 0 Å². The smallest absolute Gasteiger partial charge is 0.139 e. The molecule has 2 nitrogen and oxygen atoms in total. The van der Waals surface area contributed by atoms with Gasteiger partial charge >= 0.3 is 0 Å². The fraction of sp³-hybridized carbons (Fsp3) is 0.538. The summed E-state index contributed by atoms with van der Waals surface area (Å²) in [5.74, 6) is 0.789. The van der Waals surface area contributed by atoms with Crippen LogP contribution in [0.3, 0.4) is 0 Å². The van der Waals surface area contributed by atoms with Crippen molar-refractivity contribution in [3.8, 4) is 5.75 Å². The molecule has 4 heteroatoms. The molecule has 0 amide bonds. The fourth-order valence-electron chi connectivity index (χ4n) is 2.12. The van der Waals surface area contributed by atoms with Crippen molar-refractivity contribution in [2.45, 2.75) is 31.3 Å². The van der Waals surface area contributed by atoms with Gasteiger partial charge in [0.15, 0.2) is 0 Å². The summed E-state index contributed by atoms with van der Waals surface area (Å²) in [7, 11) is 1.97. The molecule has 0 heterocycles. The standard InChI is InChI=1S/C13H17BrClNO/c1-16-8-7-13(5-2-6-13)17-12-9-10(14)3-4-11(12)15/h3-4,9,16H,2,5-8H2,1H3. The minimum Gasteiger partial charge on any atom is -0.486 e. The molecule has 0 bridgehead atoms. The molecule has 17 heavy (non-hydrogen) atoms. The molecule has 94 valence electrons. The first kappa shape index (κ1) is 13.2. The highest BCUT2D eigenvalue weighted by atomic mass is 79.9. The van der Waals surface area contributed by atoms with Crippen molar-refractivity contribution < 1.29 is 4.74 Å². The van der Waals surface area contributed by atoms with Gasteiger partial charge < -0.3 is 10.1 Å². The zero-order valence-electron chi connectivity index (χ0n) is 9.93. The fourth-order valence-corrected chi connectivity index (χ4v) is 2.61. The summed E-state index contributed by atoms with van der Waals surface area (Å²) < 4.78 is 7.15. The van der Waals surface area contributed by atoms with Crippen molar-refractivity contribution in [3.05, 3.63) is 27.7 Å². The maximum absolute atomic E-state index is 6.16. The Morgan fingerprint density at radius 1 is 1.47 bits per heavy atom. The average Bonchev–Trinajstić information content (AvgIpc) is 2.26. The monoisotopic (exact) mass is 317 g/mol. The molecule has 2 rings (SSSR count). The van der Waals surface area contributed by atoms with Crippen LogP contribution in [0.25, 0.3) is 0 Å². The van der Waals surface area contributed by atoms with Gasteiger partial charge in [-0.1, -0.05) is 27.5 Å². The molecule has 1 N–H and O–H groups in total. The molecule has 0 aromatic heterocycles. The summed E-state index contributed by atoms with van der Waals surface area (Å²) in [5, 5.41) is 3.87. The minimum absolute atomic E-state index is 0.00650. The van der Waals surface area contributed by atoms with Crippen LogP contribution in [-0.2, 0) is 0 Å². The Morgan fingerprint density at radius 2 is 2.24 bits per heavy atom. The van der Waals surface area contributed by atoms with Gasteiger partial charge in [-0.2, -0.15) is 0 Å². The zero-order valence-corrected chi connectivity index (χ0v) is 12.3. The Balaban J connectivity index is 2.09. The largest absolute Gasteiger partial charge is 0.486 e. The number of hydrogen-bond acceptors (Lipinski definition) is 2. The third-order valence-electron chi connectivity index (χ3n) is 3.32. The minimum atomic E-state index is -0.00650. The highest BCUT2D eigenvalue weighted by molar-refractivity contribution is 9.10. The Labute approximate surface area is 116 Å². The van der Waals surface area contributed by atoms with Crippen molar-refractivity contribution in [2.75, 3.05) is 13.6 Å². The highest BCUT2D eigenvalue weighted by Gasteiger charge is 2.39. The van der Waals surface area contributed by atoms with Crippen LogP contribution in [-0.4, -0.2) is 19.2 Å².